The summed E-state index contributed by atoms with van der Waals surface area (Å²) in [4.78, 5) is 19.6. The van der Waals surface area contributed by atoms with Crippen LogP contribution in [0.15, 0.2) is 42.6 Å². The average molecular weight is 540 g/mol. The van der Waals surface area contributed by atoms with Gasteiger partial charge in [0.1, 0.15) is 11.7 Å². The molecule has 5 fully saturated rings. The molecule has 6 atom stereocenters. The van der Waals surface area contributed by atoms with Gasteiger partial charge in [0, 0.05) is 65.7 Å². The first-order valence-corrected chi connectivity index (χ1v) is 15.2. The Bertz CT molecular complexity index is 1560. The highest BCUT2D eigenvalue weighted by molar-refractivity contribution is 6.06. The SMILES string of the molecule is COC12CC[C@@]3(C[C@@H]1CNC(=O)c1c[nH]c4ccccc14)[C@H]1Cc4ccc(O)c5c4[C@@]3(CCN1CC1CC1)C2O5. The number of methoxy groups -OCH3 is 1. The van der Waals surface area contributed by atoms with Crippen LogP contribution in [0.2, 0.25) is 0 Å². The maximum Gasteiger partial charge on any atom is 0.253 e. The fourth-order valence-electron chi connectivity index (χ4n) is 10.4. The van der Waals surface area contributed by atoms with Crippen LogP contribution in [0.3, 0.4) is 0 Å². The first-order chi connectivity index (χ1) is 19.5. The van der Waals surface area contributed by atoms with Crippen molar-refractivity contribution in [3.8, 4) is 11.5 Å². The zero-order valence-electron chi connectivity index (χ0n) is 23.0. The summed E-state index contributed by atoms with van der Waals surface area (Å²) in [7, 11) is 1.83. The zero-order chi connectivity index (χ0) is 26.9. The van der Waals surface area contributed by atoms with E-state index in [2.05, 4.69) is 21.3 Å². The first kappa shape index (κ1) is 23.7. The molecule has 7 nitrogen and oxygen atoms in total. The third-order valence-electron chi connectivity index (χ3n) is 12.1. The molecule has 7 aliphatic rings. The van der Waals surface area contributed by atoms with E-state index in [-0.39, 0.29) is 34.5 Å². The van der Waals surface area contributed by atoms with Crippen LogP contribution in [-0.2, 0) is 16.6 Å². The van der Waals surface area contributed by atoms with Crippen LogP contribution in [0, 0.1) is 17.3 Å². The van der Waals surface area contributed by atoms with Gasteiger partial charge in [-0.25, -0.2) is 0 Å². The number of hydrogen-bond acceptors (Lipinski definition) is 5. The standard InChI is InChI=1S/C33H37N3O4/c1-39-33-11-10-31(15-21(33)16-35-29(38)23-17-34-24-5-3-2-4-22(23)24)26-14-20-8-9-25(37)28-27(20)32(31,30(33)40-28)12-13-36(26)18-19-6-7-19/h2-5,8-9,17,19,21,26,30,34,37H,6-7,10-16,18H2,1H3,(H,35,38)/t21-,26-,30?,31-,32+,33?/m1/s1. The van der Waals surface area contributed by atoms with Crippen LogP contribution in [0.1, 0.15) is 60.0 Å². The predicted octanol–water partition coefficient (Wildman–Crippen LogP) is 4.53. The van der Waals surface area contributed by atoms with E-state index in [1.807, 2.05) is 43.6 Å². The summed E-state index contributed by atoms with van der Waals surface area (Å²) in [6.45, 7) is 2.83. The average Bonchev–Trinajstić information content (AvgIpc) is 3.56. The van der Waals surface area contributed by atoms with E-state index in [1.54, 1.807) is 0 Å². The molecule has 1 aromatic heterocycles. The number of phenolic OH excluding ortho intramolecular Hbond substituents is 1. The van der Waals surface area contributed by atoms with E-state index < -0.39 is 5.60 Å². The Morgan fingerprint density at radius 1 is 1.20 bits per heavy atom. The van der Waals surface area contributed by atoms with Crippen LogP contribution < -0.4 is 10.1 Å². The van der Waals surface area contributed by atoms with Crippen molar-refractivity contribution in [3.05, 3.63) is 59.3 Å². The number of aromatic nitrogens is 1. The summed E-state index contributed by atoms with van der Waals surface area (Å²) >= 11 is 0. The van der Waals surface area contributed by atoms with E-state index in [0.717, 1.165) is 55.5 Å². The Morgan fingerprint density at radius 2 is 2.08 bits per heavy atom. The minimum Gasteiger partial charge on any atom is -0.504 e. The lowest BCUT2D eigenvalue weighted by Gasteiger charge is -2.74. The number of rotatable bonds is 6. The molecule has 10 rings (SSSR count). The molecule has 3 aromatic rings. The van der Waals surface area contributed by atoms with Crippen molar-refractivity contribution in [2.75, 3.05) is 26.7 Å². The predicted molar refractivity (Wildman–Crippen MR) is 151 cm³/mol. The Balaban J connectivity index is 1.12. The Kier molecular flexibility index (Phi) is 4.63. The number of nitrogens with zero attached hydrogens (tertiary/aromatic N) is 1. The summed E-state index contributed by atoms with van der Waals surface area (Å²) in [6.07, 6.45) is 9.47. The number of benzene rings is 2. The second-order valence-electron chi connectivity index (χ2n) is 13.5. The Labute approximate surface area is 234 Å². The molecule has 40 heavy (non-hydrogen) atoms. The van der Waals surface area contributed by atoms with E-state index in [9.17, 15) is 9.90 Å². The van der Waals surface area contributed by atoms with Gasteiger partial charge in [0.25, 0.3) is 5.91 Å². The minimum absolute atomic E-state index is 0.0489. The van der Waals surface area contributed by atoms with Crippen molar-refractivity contribution in [3.63, 3.8) is 0 Å². The molecule has 7 heteroatoms. The minimum atomic E-state index is -0.515. The number of carbonyl (C=O) groups excluding carboxylic acids is 1. The number of para-hydroxylation sites is 1. The number of amides is 1. The van der Waals surface area contributed by atoms with Crippen LogP contribution >= 0.6 is 0 Å². The largest absolute Gasteiger partial charge is 0.504 e. The quantitative estimate of drug-likeness (QED) is 0.429. The summed E-state index contributed by atoms with van der Waals surface area (Å²) in [6, 6.07) is 12.4. The lowest BCUT2D eigenvalue weighted by Crippen LogP contribution is -2.81. The second kappa shape index (κ2) is 7.83. The summed E-state index contributed by atoms with van der Waals surface area (Å²) in [5.41, 5.74) is 3.67. The smallest absolute Gasteiger partial charge is 0.253 e. The van der Waals surface area contributed by atoms with Crippen molar-refractivity contribution in [2.45, 2.75) is 68.1 Å². The molecular formula is C33H37N3O4. The van der Waals surface area contributed by atoms with Gasteiger partial charge in [-0.05, 0) is 75.1 Å². The molecule has 2 spiro atoms. The molecule has 2 aromatic carbocycles. The Morgan fingerprint density at radius 3 is 2.92 bits per heavy atom. The fraction of sp³-hybridized carbons (Fsp3) is 0.545. The molecule has 1 saturated heterocycles. The van der Waals surface area contributed by atoms with Crippen molar-refractivity contribution >= 4 is 16.8 Å². The number of piperidine rings is 1. The van der Waals surface area contributed by atoms with Crippen molar-refractivity contribution in [1.29, 1.82) is 0 Å². The maximum absolute atomic E-state index is 13.5. The van der Waals surface area contributed by atoms with E-state index >= 15 is 0 Å². The molecule has 4 bridgehead atoms. The first-order valence-electron chi connectivity index (χ1n) is 15.2. The third-order valence-corrected chi connectivity index (χ3v) is 12.1. The summed E-state index contributed by atoms with van der Waals surface area (Å²) in [5.74, 6) is 1.88. The molecule has 1 amide bonds. The number of hydrogen-bond donors (Lipinski definition) is 3. The second-order valence-corrected chi connectivity index (χ2v) is 13.5. The van der Waals surface area contributed by atoms with Gasteiger partial charge in [-0.15, -0.1) is 0 Å². The highest BCUT2D eigenvalue weighted by Crippen LogP contribution is 2.76. The van der Waals surface area contributed by atoms with Crippen molar-refractivity contribution in [1.82, 2.24) is 15.2 Å². The van der Waals surface area contributed by atoms with E-state index in [0.29, 0.717) is 23.9 Å². The fourth-order valence-corrected chi connectivity index (χ4v) is 10.4. The van der Waals surface area contributed by atoms with Gasteiger partial charge in [0.2, 0.25) is 0 Å². The summed E-state index contributed by atoms with van der Waals surface area (Å²) in [5, 5.41) is 15.3. The lowest BCUT2D eigenvalue weighted by molar-refractivity contribution is -0.275. The molecule has 0 radical (unpaired) electrons. The number of ether oxygens (including phenoxy) is 2. The number of aromatic amines is 1. The summed E-state index contributed by atoms with van der Waals surface area (Å²) < 4.78 is 13.5. The van der Waals surface area contributed by atoms with E-state index in [1.165, 1.54) is 30.5 Å². The van der Waals surface area contributed by atoms with Crippen LogP contribution in [0.25, 0.3) is 10.9 Å². The number of carbonyl (C=O) groups is 1. The monoisotopic (exact) mass is 539 g/mol. The number of aromatic hydroxyl groups is 1. The molecule has 2 aliphatic heterocycles. The lowest BCUT2D eigenvalue weighted by atomic mass is 9.35. The van der Waals surface area contributed by atoms with Gasteiger partial charge >= 0.3 is 0 Å². The van der Waals surface area contributed by atoms with Gasteiger partial charge < -0.3 is 24.9 Å². The number of nitrogens with one attached hydrogen (secondary N) is 2. The Hall–Kier alpha value is -3.03. The van der Waals surface area contributed by atoms with Crippen molar-refractivity contribution < 1.29 is 19.4 Å². The van der Waals surface area contributed by atoms with Crippen LogP contribution in [0.4, 0.5) is 0 Å². The molecule has 3 heterocycles. The van der Waals surface area contributed by atoms with Gasteiger partial charge in [0.05, 0.1) is 5.56 Å². The highest BCUT2D eigenvalue weighted by atomic mass is 16.6. The van der Waals surface area contributed by atoms with Gasteiger partial charge in [-0.3, -0.25) is 9.69 Å². The number of likely N-dealkylation sites (tertiary alicyclic amines) is 1. The van der Waals surface area contributed by atoms with Gasteiger partial charge in [-0.2, -0.15) is 0 Å². The molecule has 5 aliphatic carbocycles. The van der Waals surface area contributed by atoms with Gasteiger partial charge in [-0.1, -0.05) is 24.3 Å². The number of phenols is 1. The van der Waals surface area contributed by atoms with Crippen LogP contribution in [0.5, 0.6) is 11.5 Å². The normalized spacial score (nSPS) is 36.9. The highest BCUT2D eigenvalue weighted by Gasteiger charge is 2.80. The molecule has 3 N–H and O–H groups in total. The zero-order valence-corrected chi connectivity index (χ0v) is 23.0. The maximum atomic E-state index is 13.5. The topological polar surface area (TPSA) is 86.8 Å². The van der Waals surface area contributed by atoms with E-state index in [4.69, 9.17) is 9.47 Å². The molecule has 4 saturated carbocycles. The van der Waals surface area contributed by atoms with Crippen LogP contribution in [-0.4, -0.2) is 65.4 Å². The van der Waals surface area contributed by atoms with Crippen molar-refractivity contribution in [2.24, 2.45) is 17.3 Å². The molecule has 2 unspecified atom stereocenters. The number of H-pyrrole nitrogens is 1. The molecular weight excluding hydrogens is 502 g/mol. The molecule has 208 valence electrons. The third kappa shape index (κ3) is 2.71. The van der Waals surface area contributed by atoms with Gasteiger partial charge in [0.15, 0.2) is 11.5 Å². The number of fused-ring (bicyclic) bond motifs is 3.